The molecule has 5 heteroatoms. The first kappa shape index (κ1) is 12.2. The molecule has 17 heavy (non-hydrogen) atoms. The average molecular weight is 270 g/mol. The quantitative estimate of drug-likeness (QED) is 0.791. The predicted octanol–water partition coefficient (Wildman–Crippen LogP) is 3.75. The molecule has 0 unspecified atom stereocenters. The smallest absolute Gasteiger partial charge is 0.167 e. The zero-order chi connectivity index (χ0) is 12.3. The van der Waals surface area contributed by atoms with E-state index in [4.69, 9.17) is 11.6 Å². The first-order chi connectivity index (χ1) is 8.18. The minimum absolute atomic E-state index is 0.0225. The van der Waals surface area contributed by atoms with Gasteiger partial charge in [-0.15, -0.1) is 11.3 Å². The number of carbonyl (C=O) groups excluding carboxylic acids is 1. The summed E-state index contributed by atoms with van der Waals surface area (Å²) in [6.07, 6.45) is 2.41. The van der Waals surface area contributed by atoms with Crippen LogP contribution in [0.3, 0.4) is 0 Å². The molecule has 0 atom stereocenters. The van der Waals surface area contributed by atoms with Crippen LogP contribution in [0.1, 0.15) is 21.8 Å². The predicted molar refractivity (Wildman–Crippen MR) is 66.2 cm³/mol. The number of nitrogens with zero attached hydrogens (tertiary/aromatic N) is 1. The molecular weight excluding hydrogens is 261 g/mol. The second kappa shape index (κ2) is 5.38. The SMILES string of the molecule is O=C(CCc1nccs1)c1c(F)cccc1Cl. The number of hydrogen-bond acceptors (Lipinski definition) is 3. The largest absolute Gasteiger partial charge is 0.294 e. The van der Waals surface area contributed by atoms with Crippen molar-refractivity contribution in [3.8, 4) is 0 Å². The van der Waals surface area contributed by atoms with Crippen molar-refractivity contribution < 1.29 is 9.18 Å². The molecule has 0 aliphatic heterocycles. The maximum Gasteiger partial charge on any atom is 0.167 e. The normalized spacial score (nSPS) is 10.5. The Bertz CT molecular complexity index is 507. The van der Waals surface area contributed by atoms with Gasteiger partial charge in [-0.25, -0.2) is 9.37 Å². The van der Waals surface area contributed by atoms with Gasteiger partial charge in [0.05, 0.1) is 15.6 Å². The molecule has 1 aromatic carbocycles. The lowest BCUT2D eigenvalue weighted by Gasteiger charge is -2.03. The molecule has 0 radical (unpaired) electrons. The molecule has 0 N–H and O–H groups in total. The van der Waals surface area contributed by atoms with Crippen molar-refractivity contribution in [1.29, 1.82) is 0 Å². The third kappa shape index (κ3) is 2.90. The van der Waals surface area contributed by atoms with Gasteiger partial charge in [-0.3, -0.25) is 4.79 Å². The van der Waals surface area contributed by atoms with Gasteiger partial charge >= 0.3 is 0 Å². The summed E-state index contributed by atoms with van der Waals surface area (Å²) in [4.78, 5) is 15.9. The van der Waals surface area contributed by atoms with Gasteiger partial charge < -0.3 is 0 Å². The standard InChI is InChI=1S/C12H9ClFNOS/c13-8-2-1-3-9(14)12(8)10(16)4-5-11-15-6-7-17-11/h1-3,6-7H,4-5H2. The monoisotopic (exact) mass is 269 g/mol. The Labute approximate surface area is 107 Å². The second-order valence-electron chi connectivity index (χ2n) is 3.45. The van der Waals surface area contributed by atoms with Crippen LogP contribution in [0.15, 0.2) is 29.8 Å². The third-order valence-corrected chi connectivity index (χ3v) is 3.45. The highest BCUT2D eigenvalue weighted by Crippen LogP contribution is 2.21. The van der Waals surface area contributed by atoms with Crippen LogP contribution in [0.2, 0.25) is 5.02 Å². The van der Waals surface area contributed by atoms with Gasteiger partial charge in [0.1, 0.15) is 5.82 Å². The van der Waals surface area contributed by atoms with Crippen LogP contribution < -0.4 is 0 Å². The number of hydrogen-bond donors (Lipinski definition) is 0. The van der Waals surface area contributed by atoms with E-state index in [1.807, 2.05) is 5.38 Å². The molecule has 0 spiro atoms. The van der Waals surface area contributed by atoms with Crippen molar-refractivity contribution in [2.24, 2.45) is 0 Å². The Morgan fingerprint density at radius 1 is 1.47 bits per heavy atom. The van der Waals surface area contributed by atoms with E-state index >= 15 is 0 Å². The number of carbonyl (C=O) groups is 1. The summed E-state index contributed by atoms with van der Waals surface area (Å²) in [6.45, 7) is 0. The molecular formula is C12H9ClFNOS. The first-order valence-electron chi connectivity index (χ1n) is 5.04. The van der Waals surface area contributed by atoms with E-state index in [1.54, 1.807) is 6.20 Å². The lowest BCUT2D eigenvalue weighted by molar-refractivity contribution is 0.0979. The fourth-order valence-electron chi connectivity index (χ4n) is 1.49. The molecule has 1 aromatic heterocycles. The van der Waals surface area contributed by atoms with Crippen molar-refractivity contribution in [2.45, 2.75) is 12.8 Å². The van der Waals surface area contributed by atoms with Crippen LogP contribution in [0.4, 0.5) is 4.39 Å². The van der Waals surface area contributed by atoms with E-state index in [9.17, 15) is 9.18 Å². The van der Waals surface area contributed by atoms with Crippen molar-refractivity contribution in [3.05, 3.63) is 51.2 Å². The van der Waals surface area contributed by atoms with Gasteiger partial charge in [0.15, 0.2) is 5.78 Å². The maximum absolute atomic E-state index is 13.4. The van der Waals surface area contributed by atoms with E-state index < -0.39 is 5.82 Å². The number of ketones is 1. The number of halogens is 2. The van der Waals surface area contributed by atoms with Crippen LogP contribution in [-0.4, -0.2) is 10.8 Å². The lowest BCUT2D eigenvalue weighted by atomic mass is 10.1. The molecule has 0 aliphatic rings. The van der Waals surface area contributed by atoms with Gasteiger partial charge in [0.2, 0.25) is 0 Å². The van der Waals surface area contributed by atoms with Crippen molar-refractivity contribution >= 4 is 28.7 Å². The number of Topliss-reactive ketones (excluding diaryl/α,β-unsaturated/α-hetero) is 1. The number of aryl methyl sites for hydroxylation is 1. The maximum atomic E-state index is 13.4. The second-order valence-corrected chi connectivity index (χ2v) is 4.83. The molecule has 0 saturated carbocycles. The molecule has 0 amide bonds. The Balaban J connectivity index is 2.10. The number of rotatable bonds is 4. The van der Waals surface area contributed by atoms with Crippen molar-refractivity contribution in [3.63, 3.8) is 0 Å². The minimum atomic E-state index is -0.568. The first-order valence-corrected chi connectivity index (χ1v) is 6.30. The Morgan fingerprint density at radius 3 is 2.94 bits per heavy atom. The van der Waals surface area contributed by atoms with Crippen molar-refractivity contribution in [2.75, 3.05) is 0 Å². The Kier molecular flexibility index (Phi) is 3.86. The van der Waals surface area contributed by atoms with Crippen LogP contribution in [0.25, 0.3) is 0 Å². The molecule has 2 aromatic rings. The highest BCUT2D eigenvalue weighted by atomic mass is 35.5. The lowest BCUT2D eigenvalue weighted by Crippen LogP contribution is -2.05. The minimum Gasteiger partial charge on any atom is -0.294 e. The molecule has 0 saturated heterocycles. The number of benzene rings is 1. The molecule has 88 valence electrons. The summed E-state index contributed by atoms with van der Waals surface area (Å²) >= 11 is 7.29. The molecule has 1 heterocycles. The zero-order valence-electron chi connectivity index (χ0n) is 8.82. The zero-order valence-corrected chi connectivity index (χ0v) is 10.4. The van der Waals surface area contributed by atoms with E-state index in [0.717, 1.165) is 5.01 Å². The van der Waals surface area contributed by atoms with Gasteiger partial charge in [-0.05, 0) is 12.1 Å². The van der Waals surface area contributed by atoms with Crippen LogP contribution in [-0.2, 0) is 6.42 Å². The van der Waals surface area contributed by atoms with E-state index in [-0.39, 0.29) is 22.8 Å². The third-order valence-electron chi connectivity index (χ3n) is 2.29. The summed E-state index contributed by atoms with van der Waals surface area (Å²) in [5, 5.41) is 2.87. The summed E-state index contributed by atoms with van der Waals surface area (Å²) in [6, 6.07) is 4.24. The van der Waals surface area contributed by atoms with Crippen LogP contribution >= 0.6 is 22.9 Å². The average Bonchev–Trinajstić information content (AvgIpc) is 2.79. The molecule has 0 aliphatic carbocycles. The molecule has 2 rings (SSSR count). The molecule has 0 bridgehead atoms. The van der Waals surface area contributed by atoms with Crippen LogP contribution in [0, 0.1) is 5.82 Å². The summed E-state index contributed by atoms with van der Waals surface area (Å²) in [5.41, 5.74) is -0.0225. The number of aromatic nitrogens is 1. The summed E-state index contributed by atoms with van der Waals surface area (Å²) in [5.74, 6) is -0.857. The van der Waals surface area contributed by atoms with E-state index in [2.05, 4.69) is 4.98 Å². The van der Waals surface area contributed by atoms with Gasteiger partial charge in [-0.1, -0.05) is 17.7 Å². The molecule has 0 fully saturated rings. The van der Waals surface area contributed by atoms with E-state index in [1.165, 1.54) is 29.5 Å². The van der Waals surface area contributed by atoms with E-state index in [0.29, 0.717) is 6.42 Å². The number of thiazole rings is 1. The fraction of sp³-hybridized carbons (Fsp3) is 0.167. The fourth-order valence-corrected chi connectivity index (χ4v) is 2.37. The highest BCUT2D eigenvalue weighted by molar-refractivity contribution is 7.09. The van der Waals surface area contributed by atoms with Gasteiger partial charge in [0.25, 0.3) is 0 Å². The van der Waals surface area contributed by atoms with Gasteiger partial charge in [0, 0.05) is 24.4 Å². The topological polar surface area (TPSA) is 30.0 Å². The Hall–Kier alpha value is -1.26. The van der Waals surface area contributed by atoms with Gasteiger partial charge in [-0.2, -0.15) is 0 Å². The Morgan fingerprint density at radius 2 is 2.29 bits per heavy atom. The summed E-state index contributed by atoms with van der Waals surface area (Å²) in [7, 11) is 0. The van der Waals surface area contributed by atoms with Crippen molar-refractivity contribution in [1.82, 2.24) is 4.98 Å². The van der Waals surface area contributed by atoms with Crippen LogP contribution in [0.5, 0.6) is 0 Å². The molecule has 2 nitrogen and oxygen atoms in total. The summed E-state index contributed by atoms with van der Waals surface area (Å²) < 4.78 is 13.4. The highest BCUT2D eigenvalue weighted by Gasteiger charge is 2.15.